The van der Waals surface area contributed by atoms with Crippen molar-refractivity contribution in [1.82, 2.24) is 0 Å². The molecular formula is C22H49NO4S. The molecule has 0 atom stereocenters. The van der Waals surface area contributed by atoms with Gasteiger partial charge in [-0.2, -0.15) is 0 Å². The molecule has 0 aromatic heterocycles. The molecule has 0 heterocycles. The molecule has 6 heteroatoms. The zero-order chi connectivity index (χ0) is 21.9. The molecule has 0 saturated carbocycles. The summed E-state index contributed by atoms with van der Waals surface area (Å²) in [4.78, 5) is 0. The Labute approximate surface area is 176 Å². The van der Waals surface area contributed by atoms with E-state index >= 15 is 0 Å². The molecule has 172 valence electrons. The molecule has 0 fully saturated rings. The molecule has 0 rings (SSSR count). The van der Waals surface area contributed by atoms with E-state index < -0.39 is 16.5 Å². The van der Waals surface area contributed by atoms with Gasteiger partial charge in [0.1, 0.15) is 0 Å². The second-order valence-corrected chi connectivity index (χ2v) is 10.2. The van der Waals surface area contributed by atoms with Crippen molar-refractivity contribution in [2.24, 2.45) is 0 Å². The van der Waals surface area contributed by atoms with Crippen LogP contribution in [0.2, 0.25) is 0 Å². The second kappa shape index (κ2) is 18.8. The standard InChI is InChI=1S/C19H42N.C3H8O4S/c1-5-6-7-8-9-10-11-12-13-14-15-16-17-18-19-20(2,3)4;1-3(2)7-8(4,5)6/h5-19H2,1-4H3;3H,1-2H3,(H,4,5,6)/q+1;/p-1. The number of nitrogens with zero attached hydrogens (tertiary/aromatic N) is 1. The van der Waals surface area contributed by atoms with E-state index in [1.54, 1.807) is 0 Å². The van der Waals surface area contributed by atoms with Gasteiger partial charge in [0.05, 0.1) is 33.8 Å². The molecule has 0 radical (unpaired) electrons. The average Bonchev–Trinajstić information content (AvgIpc) is 2.52. The zero-order valence-corrected chi connectivity index (χ0v) is 20.5. The Morgan fingerprint density at radius 3 is 1.25 bits per heavy atom. The van der Waals surface area contributed by atoms with Crippen molar-refractivity contribution < 1.29 is 21.6 Å². The van der Waals surface area contributed by atoms with Crippen molar-refractivity contribution in [3.05, 3.63) is 0 Å². The quantitative estimate of drug-likeness (QED) is 0.124. The van der Waals surface area contributed by atoms with E-state index in [0.717, 1.165) is 4.48 Å². The highest BCUT2D eigenvalue weighted by atomic mass is 32.3. The summed E-state index contributed by atoms with van der Waals surface area (Å²) in [6.07, 6.45) is 19.8. The van der Waals surface area contributed by atoms with Gasteiger partial charge in [0, 0.05) is 0 Å². The van der Waals surface area contributed by atoms with Gasteiger partial charge in [-0.15, -0.1) is 0 Å². The monoisotopic (exact) mass is 423 g/mol. The summed E-state index contributed by atoms with van der Waals surface area (Å²) in [7, 11) is 2.41. The molecule has 0 aliphatic heterocycles. The Kier molecular flexibility index (Phi) is 20.2. The summed E-state index contributed by atoms with van der Waals surface area (Å²) in [5, 5.41) is 0. The maximum absolute atomic E-state index is 9.66. The van der Waals surface area contributed by atoms with Crippen LogP contribution >= 0.6 is 0 Å². The van der Waals surface area contributed by atoms with E-state index in [0.29, 0.717) is 0 Å². The van der Waals surface area contributed by atoms with Crippen molar-refractivity contribution in [2.45, 2.75) is 117 Å². The minimum absolute atomic E-state index is 0.558. The summed E-state index contributed by atoms with van der Waals surface area (Å²) in [6.45, 7) is 6.56. The SMILES string of the molecule is CC(C)OS(=O)(=O)[O-].CCCCCCCCCCCCCCCC[N+](C)(C)C. The first kappa shape index (κ1) is 30.0. The summed E-state index contributed by atoms with van der Waals surface area (Å²) in [6, 6.07) is 0. The van der Waals surface area contributed by atoms with Crippen LogP contribution in [0.3, 0.4) is 0 Å². The Hall–Kier alpha value is -0.170. The largest absolute Gasteiger partial charge is 0.726 e. The Bertz CT molecular complexity index is 417. The van der Waals surface area contributed by atoms with Crippen LogP contribution in [0, 0.1) is 0 Å². The maximum atomic E-state index is 9.66. The lowest BCUT2D eigenvalue weighted by Gasteiger charge is -2.23. The molecule has 0 spiro atoms. The number of quaternary nitrogens is 1. The van der Waals surface area contributed by atoms with Gasteiger partial charge in [-0.25, -0.2) is 8.42 Å². The lowest BCUT2D eigenvalue weighted by Crippen LogP contribution is -2.35. The van der Waals surface area contributed by atoms with Gasteiger partial charge in [-0.1, -0.05) is 84.0 Å². The summed E-state index contributed by atoms with van der Waals surface area (Å²) >= 11 is 0. The van der Waals surface area contributed by atoms with Gasteiger partial charge in [0.15, 0.2) is 0 Å². The number of hydrogen-bond donors (Lipinski definition) is 0. The van der Waals surface area contributed by atoms with Crippen LogP contribution in [-0.4, -0.2) is 51.2 Å². The van der Waals surface area contributed by atoms with Gasteiger partial charge in [0.25, 0.3) is 0 Å². The van der Waals surface area contributed by atoms with Gasteiger partial charge < -0.3 is 9.04 Å². The molecule has 28 heavy (non-hydrogen) atoms. The first-order valence-electron chi connectivity index (χ1n) is 11.4. The van der Waals surface area contributed by atoms with E-state index in [2.05, 4.69) is 32.2 Å². The molecule has 0 unspecified atom stereocenters. The van der Waals surface area contributed by atoms with E-state index in [1.165, 1.54) is 110 Å². The summed E-state index contributed by atoms with van der Waals surface area (Å²) in [5.41, 5.74) is 0. The molecule has 5 nitrogen and oxygen atoms in total. The first-order chi connectivity index (χ1) is 13.0. The minimum Gasteiger partial charge on any atom is -0.726 e. The van der Waals surface area contributed by atoms with E-state index in [1.807, 2.05) is 0 Å². The highest BCUT2D eigenvalue weighted by Crippen LogP contribution is 2.13. The normalized spacial score (nSPS) is 12.1. The molecule has 0 amide bonds. The van der Waals surface area contributed by atoms with Crippen molar-refractivity contribution in [3.63, 3.8) is 0 Å². The number of rotatable bonds is 17. The summed E-state index contributed by atoms with van der Waals surface area (Å²) < 4.78 is 34.0. The molecule has 0 saturated heterocycles. The fourth-order valence-corrected chi connectivity index (χ4v) is 3.49. The Balaban J connectivity index is 0. The average molecular weight is 424 g/mol. The Morgan fingerprint density at radius 2 is 1.04 bits per heavy atom. The van der Waals surface area contributed by atoms with Crippen LogP contribution < -0.4 is 0 Å². The van der Waals surface area contributed by atoms with Gasteiger partial charge >= 0.3 is 0 Å². The fourth-order valence-electron chi connectivity index (χ4n) is 3.02. The van der Waals surface area contributed by atoms with E-state index in [-0.39, 0.29) is 0 Å². The van der Waals surface area contributed by atoms with Gasteiger partial charge in [-0.3, -0.25) is 4.18 Å². The summed E-state index contributed by atoms with van der Waals surface area (Å²) in [5.74, 6) is 0. The van der Waals surface area contributed by atoms with Crippen LogP contribution in [-0.2, 0) is 14.6 Å². The van der Waals surface area contributed by atoms with Gasteiger partial charge in [-0.05, 0) is 26.7 Å². The minimum atomic E-state index is -4.47. The maximum Gasteiger partial charge on any atom is 0.217 e. The topological polar surface area (TPSA) is 66.4 Å². The van der Waals surface area contributed by atoms with Crippen LogP contribution in [0.25, 0.3) is 0 Å². The third-order valence-electron chi connectivity index (χ3n) is 4.49. The number of unbranched alkanes of at least 4 members (excludes halogenated alkanes) is 13. The van der Waals surface area contributed by atoms with Crippen LogP contribution in [0.1, 0.15) is 111 Å². The van der Waals surface area contributed by atoms with Gasteiger partial charge in [0.2, 0.25) is 10.4 Å². The second-order valence-electron chi connectivity index (χ2n) is 9.16. The van der Waals surface area contributed by atoms with Crippen molar-refractivity contribution >= 4 is 10.4 Å². The predicted octanol–water partition coefficient (Wildman–Crippen LogP) is 6.05. The zero-order valence-electron chi connectivity index (χ0n) is 19.7. The lowest BCUT2D eigenvalue weighted by molar-refractivity contribution is -0.870. The molecule has 0 aliphatic rings. The number of hydrogen-bond acceptors (Lipinski definition) is 4. The van der Waals surface area contributed by atoms with Crippen LogP contribution in [0.5, 0.6) is 0 Å². The molecule has 0 aromatic rings. The molecule has 0 bridgehead atoms. The van der Waals surface area contributed by atoms with Crippen molar-refractivity contribution in [2.75, 3.05) is 27.7 Å². The molecule has 0 N–H and O–H groups in total. The van der Waals surface area contributed by atoms with Crippen molar-refractivity contribution in [3.8, 4) is 0 Å². The third kappa shape index (κ3) is 33.4. The van der Waals surface area contributed by atoms with E-state index in [9.17, 15) is 13.0 Å². The highest BCUT2D eigenvalue weighted by molar-refractivity contribution is 7.80. The Morgan fingerprint density at radius 1 is 0.714 bits per heavy atom. The third-order valence-corrected chi connectivity index (χ3v) is 5.11. The first-order valence-corrected chi connectivity index (χ1v) is 12.8. The van der Waals surface area contributed by atoms with E-state index in [4.69, 9.17) is 0 Å². The predicted molar refractivity (Wildman–Crippen MR) is 119 cm³/mol. The highest BCUT2D eigenvalue weighted by Gasteiger charge is 2.04. The van der Waals surface area contributed by atoms with Crippen LogP contribution in [0.15, 0.2) is 0 Å². The van der Waals surface area contributed by atoms with Crippen LogP contribution in [0.4, 0.5) is 0 Å². The smallest absolute Gasteiger partial charge is 0.217 e. The fraction of sp³-hybridized carbons (Fsp3) is 1.00. The van der Waals surface area contributed by atoms with Crippen molar-refractivity contribution in [1.29, 1.82) is 0 Å². The molecule has 0 aliphatic carbocycles. The lowest BCUT2D eigenvalue weighted by atomic mass is 10.0. The molecule has 0 aromatic carbocycles. The molecular weight excluding hydrogens is 374 g/mol.